The van der Waals surface area contributed by atoms with Crippen molar-refractivity contribution in [3.63, 3.8) is 0 Å². The third-order valence-corrected chi connectivity index (χ3v) is 5.56. The van der Waals surface area contributed by atoms with Crippen molar-refractivity contribution in [2.45, 2.75) is 84.0 Å². The van der Waals surface area contributed by atoms with Crippen molar-refractivity contribution in [2.24, 2.45) is 0 Å². The van der Waals surface area contributed by atoms with Crippen LogP contribution in [0.3, 0.4) is 0 Å². The van der Waals surface area contributed by atoms with Crippen molar-refractivity contribution in [2.75, 3.05) is 5.32 Å². The summed E-state index contributed by atoms with van der Waals surface area (Å²) < 4.78 is 13.6. The first-order valence-electron chi connectivity index (χ1n) is 11.6. The summed E-state index contributed by atoms with van der Waals surface area (Å²) in [7, 11) is 0. The lowest BCUT2D eigenvalue weighted by Gasteiger charge is -2.10. The van der Waals surface area contributed by atoms with Crippen LogP contribution in [0.25, 0.3) is 11.1 Å². The molecule has 0 aromatic heterocycles. The maximum atomic E-state index is 13.6. The van der Waals surface area contributed by atoms with E-state index in [1.165, 1.54) is 69.6 Å². The number of hydrogen-bond donors (Lipinski definition) is 3. The highest BCUT2D eigenvalue weighted by Gasteiger charge is 2.10. The lowest BCUT2D eigenvalue weighted by atomic mass is 10.0. The minimum absolute atomic E-state index is 0.0321. The average Bonchev–Trinajstić information content (AvgIpc) is 2.75. The van der Waals surface area contributed by atoms with Gasteiger partial charge in [0.05, 0.1) is 5.69 Å². The molecule has 0 aliphatic rings. The maximum absolute atomic E-state index is 13.6. The van der Waals surface area contributed by atoms with Crippen LogP contribution >= 0.6 is 0 Å². The Bertz CT molecular complexity index is 822. The van der Waals surface area contributed by atoms with Gasteiger partial charge in [0.15, 0.2) is 11.6 Å². The molecular formula is C26H36FNO3. The van der Waals surface area contributed by atoms with E-state index < -0.39 is 11.6 Å². The van der Waals surface area contributed by atoms with Gasteiger partial charge in [0.1, 0.15) is 5.75 Å². The number of nitrogens with one attached hydrogen (secondary N) is 1. The van der Waals surface area contributed by atoms with Crippen molar-refractivity contribution in [1.29, 1.82) is 0 Å². The quantitative estimate of drug-likeness (QED) is 0.214. The Labute approximate surface area is 185 Å². The number of carbonyl (C=O) groups is 1. The van der Waals surface area contributed by atoms with Gasteiger partial charge < -0.3 is 15.5 Å². The Morgan fingerprint density at radius 1 is 0.774 bits per heavy atom. The summed E-state index contributed by atoms with van der Waals surface area (Å²) in [4.78, 5) is 12.3. The molecule has 0 aliphatic heterocycles. The summed E-state index contributed by atoms with van der Waals surface area (Å²) in [6.07, 6.45) is 13.9. The van der Waals surface area contributed by atoms with Gasteiger partial charge in [-0.2, -0.15) is 0 Å². The number of benzene rings is 2. The molecule has 170 valence electrons. The Kier molecular flexibility index (Phi) is 10.9. The molecule has 0 unspecified atom stereocenters. The molecule has 0 saturated carbocycles. The summed E-state index contributed by atoms with van der Waals surface area (Å²) >= 11 is 0. The highest BCUT2D eigenvalue weighted by atomic mass is 19.1. The lowest BCUT2D eigenvalue weighted by molar-refractivity contribution is -0.116. The normalized spacial score (nSPS) is 10.9. The third-order valence-electron chi connectivity index (χ3n) is 5.56. The zero-order valence-corrected chi connectivity index (χ0v) is 18.6. The molecule has 2 aromatic rings. The molecule has 0 aliphatic carbocycles. The first-order valence-corrected chi connectivity index (χ1v) is 11.6. The van der Waals surface area contributed by atoms with Gasteiger partial charge in [-0.15, -0.1) is 0 Å². The van der Waals surface area contributed by atoms with Gasteiger partial charge in [0.25, 0.3) is 0 Å². The molecule has 0 atom stereocenters. The van der Waals surface area contributed by atoms with Gasteiger partial charge in [-0.3, -0.25) is 4.79 Å². The molecule has 0 bridgehead atoms. The highest BCUT2D eigenvalue weighted by Crippen LogP contribution is 2.31. The van der Waals surface area contributed by atoms with Crippen molar-refractivity contribution in [3.8, 4) is 22.6 Å². The van der Waals surface area contributed by atoms with Crippen molar-refractivity contribution < 1.29 is 19.4 Å². The molecule has 0 fully saturated rings. The van der Waals surface area contributed by atoms with Crippen LogP contribution in [0.4, 0.5) is 10.1 Å². The van der Waals surface area contributed by atoms with E-state index in [9.17, 15) is 19.4 Å². The number of anilines is 1. The summed E-state index contributed by atoms with van der Waals surface area (Å²) in [6, 6.07) is 8.81. The van der Waals surface area contributed by atoms with E-state index in [4.69, 9.17) is 0 Å². The number of hydrogen-bond acceptors (Lipinski definition) is 3. The van der Waals surface area contributed by atoms with E-state index >= 15 is 0 Å². The zero-order valence-electron chi connectivity index (χ0n) is 18.6. The topological polar surface area (TPSA) is 69.6 Å². The SMILES string of the molecule is CCCCCCCCCCCCCC(=O)Nc1cc(-c2ccc(O)c(F)c2)ccc1O. The predicted octanol–water partition coefficient (Wildman–Crippen LogP) is 7.54. The van der Waals surface area contributed by atoms with Gasteiger partial charge in [-0.05, 0) is 41.8 Å². The Balaban J connectivity index is 1.69. The molecular weight excluding hydrogens is 393 g/mol. The van der Waals surface area contributed by atoms with E-state index in [0.29, 0.717) is 23.2 Å². The molecule has 0 saturated heterocycles. The Hall–Kier alpha value is -2.56. The predicted molar refractivity (Wildman–Crippen MR) is 125 cm³/mol. The van der Waals surface area contributed by atoms with Gasteiger partial charge >= 0.3 is 0 Å². The molecule has 2 rings (SSSR count). The molecule has 0 spiro atoms. The van der Waals surface area contributed by atoms with E-state index in [0.717, 1.165) is 19.3 Å². The molecule has 2 aromatic carbocycles. The van der Waals surface area contributed by atoms with Crippen molar-refractivity contribution in [3.05, 3.63) is 42.2 Å². The molecule has 0 heterocycles. The number of phenols is 2. The maximum Gasteiger partial charge on any atom is 0.224 e. The Morgan fingerprint density at radius 2 is 1.29 bits per heavy atom. The van der Waals surface area contributed by atoms with Crippen LogP contribution in [0.1, 0.15) is 84.0 Å². The largest absolute Gasteiger partial charge is 0.506 e. The monoisotopic (exact) mass is 429 g/mol. The summed E-state index contributed by atoms with van der Waals surface area (Å²) in [5, 5.41) is 22.1. The third kappa shape index (κ3) is 8.99. The van der Waals surface area contributed by atoms with Crippen molar-refractivity contribution >= 4 is 11.6 Å². The zero-order chi connectivity index (χ0) is 22.5. The number of unbranched alkanes of at least 4 members (excludes halogenated alkanes) is 10. The van der Waals surface area contributed by atoms with Crippen LogP contribution in [0.5, 0.6) is 11.5 Å². The molecule has 1 amide bonds. The minimum Gasteiger partial charge on any atom is -0.506 e. The number of halogens is 1. The number of phenolic OH excluding ortho intramolecular Hbond substituents is 2. The second-order valence-electron chi connectivity index (χ2n) is 8.23. The van der Waals surface area contributed by atoms with E-state index in [1.807, 2.05) is 0 Å². The molecule has 3 N–H and O–H groups in total. The summed E-state index contributed by atoms with van der Waals surface area (Å²) in [5.74, 6) is -1.30. The molecule has 5 heteroatoms. The van der Waals surface area contributed by atoms with Gasteiger partial charge in [-0.25, -0.2) is 4.39 Å². The standard InChI is InChI=1S/C26H36FNO3/c1-2-3-4-5-6-7-8-9-10-11-12-13-26(31)28-23-19-21(15-17-25(23)30)20-14-16-24(29)22(27)18-20/h14-19,29-30H,2-13H2,1H3,(H,28,31). The second-order valence-corrected chi connectivity index (χ2v) is 8.23. The lowest BCUT2D eigenvalue weighted by Crippen LogP contribution is -2.11. The fourth-order valence-corrected chi connectivity index (χ4v) is 3.66. The first kappa shape index (κ1) is 24.7. The van der Waals surface area contributed by atoms with E-state index in [1.54, 1.807) is 18.2 Å². The van der Waals surface area contributed by atoms with Crippen LogP contribution in [0.2, 0.25) is 0 Å². The molecule has 31 heavy (non-hydrogen) atoms. The average molecular weight is 430 g/mol. The smallest absolute Gasteiger partial charge is 0.224 e. The van der Waals surface area contributed by atoms with Crippen LogP contribution in [0, 0.1) is 5.82 Å². The molecule has 0 radical (unpaired) electrons. The number of aromatic hydroxyl groups is 2. The van der Waals surface area contributed by atoms with Gasteiger partial charge in [-0.1, -0.05) is 83.3 Å². The van der Waals surface area contributed by atoms with Crippen molar-refractivity contribution in [1.82, 2.24) is 0 Å². The van der Waals surface area contributed by atoms with E-state index in [-0.39, 0.29) is 11.7 Å². The minimum atomic E-state index is -0.715. The second kappa shape index (κ2) is 13.7. The fourth-order valence-electron chi connectivity index (χ4n) is 3.66. The number of carbonyl (C=O) groups excluding carboxylic acids is 1. The van der Waals surface area contributed by atoms with Crippen LogP contribution in [-0.2, 0) is 4.79 Å². The highest BCUT2D eigenvalue weighted by molar-refractivity contribution is 5.93. The number of amides is 1. The Morgan fingerprint density at radius 3 is 1.87 bits per heavy atom. The van der Waals surface area contributed by atoms with Gasteiger partial charge in [0.2, 0.25) is 5.91 Å². The summed E-state index contributed by atoms with van der Waals surface area (Å²) in [5.41, 5.74) is 1.50. The van der Waals surface area contributed by atoms with Crippen LogP contribution in [0.15, 0.2) is 36.4 Å². The van der Waals surface area contributed by atoms with Gasteiger partial charge in [0, 0.05) is 6.42 Å². The van der Waals surface area contributed by atoms with E-state index in [2.05, 4.69) is 12.2 Å². The van der Waals surface area contributed by atoms with Crippen LogP contribution in [-0.4, -0.2) is 16.1 Å². The molecule has 4 nitrogen and oxygen atoms in total. The summed E-state index contributed by atoms with van der Waals surface area (Å²) in [6.45, 7) is 2.24. The van der Waals surface area contributed by atoms with Crippen LogP contribution < -0.4 is 5.32 Å². The fraction of sp³-hybridized carbons (Fsp3) is 0.500. The first-order chi connectivity index (χ1) is 15.0. The number of rotatable bonds is 14.